The average Bonchev–Trinajstić information content (AvgIpc) is 3.17. The SMILES string of the molecule is CC(=O)N1C[C@@H](CN[C@H](C)c2cccc3ccccc23)[C@H](c2ccccc2)C1. The topological polar surface area (TPSA) is 32.3 Å². The van der Waals surface area contributed by atoms with E-state index in [1.165, 1.54) is 21.9 Å². The highest BCUT2D eigenvalue weighted by atomic mass is 16.2. The van der Waals surface area contributed by atoms with Gasteiger partial charge in [0.05, 0.1) is 0 Å². The number of hydrogen-bond acceptors (Lipinski definition) is 2. The van der Waals surface area contributed by atoms with Crippen LogP contribution in [0.15, 0.2) is 72.8 Å². The summed E-state index contributed by atoms with van der Waals surface area (Å²) in [5.74, 6) is 0.978. The third-order valence-electron chi connectivity index (χ3n) is 6.09. The summed E-state index contributed by atoms with van der Waals surface area (Å²) in [6.45, 7) is 6.44. The summed E-state index contributed by atoms with van der Waals surface area (Å²) >= 11 is 0. The number of hydrogen-bond donors (Lipinski definition) is 1. The van der Waals surface area contributed by atoms with E-state index in [1.54, 1.807) is 6.92 Å². The highest BCUT2D eigenvalue weighted by molar-refractivity contribution is 5.86. The van der Waals surface area contributed by atoms with Crippen LogP contribution in [0.3, 0.4) is 0 Å². The Morgan fingerprint density at radius 2 is 1.71 bits per heavy atom. The van der Waals surface area contributed by atoms with Crippen LogP contribution in [0.2, 0.25) is 0 Å². The van der Waals surface area contributed by atoms with Crippen molar-refractivity contribution >= 4 is 16.7 Å². The minimum atomic E-state index is 0.172. The van der Waals surface area contributed by atoms with Crippen LogP contribution in [0.25, 0.3) is 10.8 Å². The maximum Gasteiger partial charge on any atom is 0.219 e. The fourth-order valence-electron chi connectivity index (χ4n) is 4.48. The lowest BCUT2D eigenvalue weighted by Gasteiger charge is -2.23. The van der Waals surface area contributed by atoms with E-state index in [4.69, 9.17) is 0 Å². The second-order valence-electron chi connectivity index (χ2n) is 7.90. The highest BCUT2D eigenvalue weighted by Gasteiger charge is 2.34. The van der Waals surface area contributed by atoms with E-state index in [1.807, 2.05) is 4.90 Å². The molecule has 0 unspecified atom stereocenters. The molecule has 0 aromatic heterocycles. The van der Waals surface area contributed by atoms with Crippen molar-refractivity contribution < 1.29 is 4.79 Å². The first-order chi connectivity index (χ1) is 13.6. The number of carbonyl (C=O) groups is 1. The summed E-state index contributed by atoms with van der Waals surface area (Å²) in [7, 11) is 0. The van der Waals surface area contributed by atoms with Gasteiger partial charge in [0.25, 0.3) is 0 Å². The first-order valence-electron chi connectivity index (χ1n) is 10.1. The molecule has 3 aromatic rings. The number of likely N-dealkylation sites (tertiary alicyclic amines) is 1. The van der Waals surface area contributed by atoms with Gasteiger partial charge in [-0.1, -0.05) is 72.8 Å². The van der Waals surface area contributed by atoms with Crippen LogP contribution in [-0.2, 0) is 4.79 Å². The van der Waals surface area contributed by atoms with E-state index in [9.17, 15) is 4.79 Å². The predicted octanol–water partition coefficient (Wildman–Crippen LogP) is 4.75. The Labute approximate surface area is 167 Å². The van der Waals surface area contributed by atoms with E-state index < -0.39 is 0 Å². The summed E-state index contributed by atoms with van der Waals surface area (Å²) < 4.78 is 0. The Hall–Kier alpha value is -2.65. The summed E-state index contributed by atoms with van der Waals surface area (Å²) in [6.07, 6.45) is 0. The summed E-state index contributed by atoms with van der Waals surface area (Å²) in [5.41, 5.74) is 2.66. The molecule has 3 aromatic carbocycles. The number of rotatable bonds is 5. The fraction of sp³-hybridized carbons (Fsp3) is 0.320. The molecule has 1 aliphatic rings. The highest BCUT2D eigenvalue weighted by Crippen LogP contribution is 2.33. The Bertz CT molecular complexity index is 948. The van der Waals surface area contributed by atoms with Crippen LogP contribution in [0.4, 0.5) is 0 Å². The Kier molecular flexibility index (Phi) is 5.45. The van der Waals surface area contributed by atoms with Crippen molar-refractivity contribution in [1.29, 1.82) is 0 Å². The van der Waals surface area contributed by atoms with Crippen molar-refractivity contribution in [2.24, 2.45) is 5.92 Å². The summed E-state index contributed by atoms with van der Waals surface area (Å²) in [4.78, 5) is 14.0. The van der Waals surface area contributed by atoms with Gasteiger partial charge in [-0.05, 0) is 34.7 Å². The van der Waals surface area contributed by atoms with Gasteiger partial charge in [-0.25, -0.2) is 0 Å². The van der Waals surface area contributed by atoms with Crippen LogP contribution in [-0.4, -0.2) is 30.4 Å². The van der Waals surface area contributed by atoms with E-state index in [2.05, 4.69) is 85.0 Å². The van der Waals surface area contributed by atoms with Gasteiger partial charge in [0.1, 0.15) is 0 Å². The largest absolute Gasteiger partial charge is 0.342 e. The Morgan fingerprint density at radius 3 is 2.50 bits per heavy atom. The van der Waals surface area contributed by atoms with Gasteiger partial charge < -0.3 is 10.2 Å². The molecular weight excluding hydrogens is 344 g/mol. The zero-order chi connectivity index (χ0) is 19.5. The number of benzene rings is 3. The standard InChI is InChI=1S/C25H28N2O/c1-18(23-14-8-12-20-11-6-7-13-24(20)23)26-15-22-16-27(19(2)28)17-25(22)21-9-4-3-5-10-21/h3-14,18,22,25-26H,15-17H2,1-2H3/t18-,22-,25+/m1/s1. The predicted molar refractivity (Wildman–Crippen MR) is 115 cm³/mol. The molecule has 0 bridgehead atoms. The van der Waals surface area contributed by atoms with Crippen molar-refractivity contribution in [2.75, 3.05) is 19.6 Å². The molecule has 0 saturated carbocycles. The van der Waals surface area contributed by atoms with Crippen molar-refractivity contribution in [3.8, 4) is 0 Å². The molecule has 1 amide bonds. The smallest absolute Gasteiger partial charge is 0.219 e. The van der Waals surface area contributed by atoms with Gasteiger partial charge in [-0.3, -0.25) is 4.79 Å². The molecule has 3 atom stereocenters. The van der Waals surface area contributed by atoms with Crippen molar-refractivity contribution in [2.45, 2.75) is 25.8 Å². The van der Waals surface area contributed by atoms with Crippen LogP contribution in [0.1, 0.15) is 36.9 Å². The molecular formula is C25H28N2O. The van der Waals surface area contributed by atoms with Gasteiger partial charge in [-0.2, -0.15) is 0 Å². The molecule has 0 radical (unpaired) electrons. The van der Waals surface area contributed by atoms with E-state index in [0.717, 1.165) is 19.6 Å². The molecule has 1 aliphatic heterocycles. The molecule has 3 heteroatoms. The second kappa shape index (κ2) is 8.15. The molecule has 3 nitrogen and oxygen atoms in total. The van der Waals surface area contributed by atoms with Crippen LogP contribution >= 0.6 is 0 Å². The monoisotopic (exact) mass is 372 g/mol. The van der Waals surface area contributed by atoms with Crippen LogP contribution in [0.5, 0.6) is 0 Å². The van der Waals surface area contributed by atoms with Crippen LogP contribution < -0.4 is 5.32 Å². The van der Waals surface area contributed by atoms with Gasteiger partial charge in [0.15, 0.2) is 0 Å². The quantitative estimate of drug-likeness (QED) is 0.701. The van der Waals surface area contributed by atoms with Gasteiger partial charge in [0.2, 0.25) is 5.91 Å². The molecule has 1 saturated heterocycles. The fourth-order valence-corrected chi connectivity index (χ4v) is 4.48. The molecule has 144 valence electrons. The summed E-state index contributed by atoms with van der Waals surface area (Å²) in [5, 5.41) is 6.34. The van der Waals surface area contributed by atoms with E-state index in [-0.39, 0.29) is 11.9 Å². The normalized spacial score (nSPS) is 20.4. The van der Waals surface area contributed by atoms with Crippen LogP contribution in [0, 0.1) is 5.92 Å². The maximum absolute atomic E-state index is 12.0. The molecule has 0 spiro atoms. The van der Waals surface area contributed by atoms with Crippen molar-refractivity contribution in [3.05, 3.63) is 83.9 Å². The maximum atomic E-state index is 12.0. The average molecular weight is 373 g/mol. The number of carbonyl (C=O) groups excluding carboxylic acids is 1. The molecule has 1 N–H and O–H groups in total. The molecule has 1 fully saturated rings. The van der Waals surface area contributed by atoms with Gasteiger partial charge in [-0.15, -0.1) is 0 Å². The Balaban J connectivity index is 1.51. The number of fused-ring (bicyclic) bond motifs is 1. The lowest BCUT2D eigenvalue weighted by molar-refractivity contribution is -0.127. The van der Waals surface area contributed by atoms with Gasteiger partial charge >= 0.3 is 0 Å². The zero-order valence-corrected chi connectivity index (χ0v) is 16.6. The molecule has 1 heterocycles. The first-order valence-corrected chi connectivity index (χ1v) is 10.1. The minimum Gasteiger partial charge on any atom is -0.342 e. The minimum absolute atomic E-state index is 0.172. The number of nitrogens with one attached hydrogen (secondary N) is 1. The molecule has 28 heavy (non-hydrogen) atoms. The summed E-state index contributed by atoms with van der Waals surface area (Å²) in [6, 6.07) is 25.9. The lowest BCUT2D eigenvalue weighted by Crippen LogP contribution is -2.31. The van der Waals surface area contributed by atoms with Crippen molar-refractivity contribution in [3.63, 3.8) is 0 Å². The van der Waals surface area contributed by atoms with E-state index >= 15 is 0 Å². The second-order valence-corrected chi connectivity index (χ2v) is 7.90. The number of amides is 1. The van der Waals surface area contributed by atoms with Gasteiger partial charge in [0, 0.05) is 38.5 Å². The zero-order valence-electron chi connectivity index (χ0n) is 16.6. The first kappa shape index (κ1) is 18.7. The molecule has 0 aliphatic carbocycles. The lowest BCUT2D eigenvalue weighted by atomic mass is 9.88. The third kappa shape index (κ3) is 3.81. The van der Waals surface area contributed by atoms with Crippen molar-refractivity contribution in [1.82, 2.24) is 10.2 Å². The third-order valence-corrected chi connectivity index (χ3v) is 6.09. The van der Waals surface area contributed by atoms with E-state index in [0.29, 0.717) is 11.8 Å². The Morgan fingerprint density at radius 1 is 1.00 bits per heavy atom. The molecule has 4 rings (SSSR count). The number of nitrogens with zero attached hydrogens (tertiary/aromatic N) is 1.